The van der Waals surface area contributed by atoms with Gasteiger partial charge in [-0.3, -0.25) is 0 Å². The van der Waals surface area contributed by atoms with Gasteiger partial charge in [0.05, 0.1) is 14.2 Å². The minimum Gasteiger partial charge on any atom is -0.480 e. The second-order valence-corrected chi connectivity index (χ2v) is 14.7. The van der Waals surface area contributed by atoms with E-state index in [-0.39, 0.29) is 23.7 Å². The van der Waals surface area contributed by atoms with E-state index in [4.69, 9.17) is 39.3 Å². The summed E-state index contributed by atoms with van der Waals surface area (Å²) in [5.41, 5.74) is 16.3. The highest BCUT2D eigenvalue weighted by atomic mass is 16.5. The topological polar surface area (TPSA) is 88.5 Å². The van der Waals surface area contributed by atoms with Gasteiger partial charge >= 0.3 is 0 Å². The third kappa shape index (κ3) is 5.03. The molecule has 4 aromatic carbocycles. The van der Waals surface area contributed by atoms with Crippen LogP contribution in [0, 0.1) is 0 Å². The first-order valence-electron chi connectivity index (χ1n) is 19.2. The molecule has 4 bridgehead atoms. The molecule has 2 aromatic heterocycles. The summed E-state index contributed by atoms with van der Waals surface area (Å²) in [4.78, 5) is 0. The van der Waals surface area contributed by atoms with E-state index >= 15 is 0 Å². The Kier molecular flexibility index (Phi) is 8.45. The SMILES string of the molecule is C1CCOC1.C1CCOC1.COc1nnc(-c2nnc(OC)c3c2C2c4ccccc4C3c3ccccc32)c2c1C1c3ccccc3C2c2ccccc21. The molecule has 270 valence electrons. The molecule has 2 aliphatic heterocycles. The molecule has 0 N–H and O–H groups in total. The Hall–Kier alpha value is -5.44. The third-order valence-electron chi connectivity index (χ3n) is 11.9. The van der Waals surface area contributed by atoms with Gasteiger partial charge in [-0.15, -0.1) is 20.4 Å². The Morgan fingerprint density at radius 1 is 0.389 bits per heavy atom. The van der Waals surface area contributed by atoms with Crippen molar-refractivity contribution in [3.8, 4) is 23.1 Å². The molecule has 2 fully saturated rings. The lowest BCUT2D eigenvalue weighted by atomic mass is 9.59. The molecule has 4 heterocycles. The molecule has 8 aliphatic rings. The predicted octanol–water partition coefficient (Wildman–Crippen LogP) is 8.52. The number of methoxy groups -OCH3 is 2. The van der Waals surface area contributed by atoms with Gasteiger partial charge in [0.2, 0.25) is 11.8 Å². The molecular formula is C46H42N4O4. The summed E-state index contributed by atoms with van der Waals surface area (Å²) in [7, 11) is 3.37. The van der Waals surface area contributed by atoms with E-state index in [1.807, 2.05) is 0 Å². The van der Waals surface area contributed by atoms with E-state index in [1.54, 1.807) is 14.2 Å². The van der Waals surface area contributed by atoms with E-state index in [1.165, 1.54) is 70.2 Å². The smallest absolute Gasteiger partial charge is 0.237 e. The minimum absolute atomic E-state index is 0.00784. The standard InChI is InChI=1S/C38H26N4O2.2C4H8O/c1-43-37-33-29-23-15-7-3-11-19(23)27(20-12-4-8-16-24(20)29)31(33)35(39-41-37)36-32-28-21-13-5-9-17-25(21)30(26-18-10-6-14-22(26)28)34(32)38(44-2)42-40-36;2*1-2-4-5-3-1/h3-18,27-30H,1-2H3;2*1-4H2. The summed E-state index contributed by atoms with van der Waals surface area (Å²) in [5, 5.41) is 19.3. The van der Waals surface area contributed by atoms with Crippen molar-refractivity contribution < 1.29 is 18.9 Å². The lowest BCUT2D eigenvalue weighted by Gasteiger charge is -2.44. The van der Waals surface area contributed by atoms with Crippen molar-refractivity contribution in [2.24, 2.45) is 0 Å². The van der Waals surface area contributed by atoms with Crippen molar-refractivity contribution in [3.63, 3.8) is 0 Å². The van der Waals surface area contributed by atoms with Crippen LogP contribution in [0.15, 0.2) is 97.1 Å². The highest BCUT2D eigenvalue weighted by Crippen LogP contribution is 2.62. The van der Waals surface area contributed by atoms with Crippen LogP contribution in [-0.2, 0) is 9.47 Å². The number of nitrogens with zero attached hydrogens (tertiary/aromatic N) is 4. The largest absolute Gasteiger partial charge is 0.480 e. The fourth-order valence-corrected chi connectivity index (χ4v) is 9.77. The molecule has 14 rings (SSSR count). The molecule has 0 atom stereocenters. The fourth-order valence-electron chi connectivity index (χ4n) is 9.77. The number of rotatable bonds is 3. The zero-order valence-corrected chi connectivity index (χ0v) is 30.6. The molecule has 8 heteroatoms. The molecule has 0 radical (unpaired) electrons. The van der Waals surface area contributed by atoms with Crippen LogP contribution in [0.4, 0.5) is 0 Å². The normalized spacial score (nSPS) is 21.1. The second kappa shape index (κ2) is 13.8. The molecule has 0 saturated carbocycles. The maximum atomic E-state index is 5.95. The van der Waals surface area contributed by atoms with Crippen LogP contribution in [0.25, 0.3) is 11.4 Å². The number of benzene rings is 4. The van der Waals surface area contributed by atoms with Crippen LogP contribution in [0.1, 0.15) is 116 Å². The fraction of sp³-hybridized carbons (Fsp3) is 0.304. The molecule has 6 aromatic rings. The van der Waals surface area contributed by atoms with Crippen molar-refractivity contribution in [1.29, 1.82) is 0 Å². The Morgan fingerprint density at radius 2 is 0.648 bits per heavy atom. The Balaban J connectivity index is 0.000000315. The average Bonchev–Trinajstić information content (AvgIpc) is 4.04. The molecule has 8 nitrogen and oxygen atoms in total. The van der Waals surface area contributed by atoms with E-state index in [2.05, 4.69) is 97.1 Å². The van der Waals surface area contributed by atoms with Crippen LogP contribution in [0.5, 0.6) is 11.8 Å². The molecule has 54 heavy (non-hydrogen) atoms. The predicted molar refractivity (Wildman–Crippen MR) is 206 cm³/mol. The number of hydrogen-bond donors (Lipinski definition) is 0. The first-order chi connectivity index (χ1) is 26.8. The summed E-state index contributed by atoms with van der Waals surface area (Å²) in [5.74, 6) is 1.06. The van der Waals surface area contributed by atoms with Crippen molar-refractivity contribution in [2.75, 3.05) is 40.6 Å². The highest BCUT2D eigenvalue weighted by Gasteiger charge is 2.49. The van der Waals surface area contributed by atoms with Crippen molar-refractivity contribution >= 4 is 0 Å². The van der Waals surface area contributed by atoms with Gasteiger partial charge in [0, 0.05) is 72.4 Å². The first-order valence-corrected chi connectivity index (χ1v) is 19.2. The Morgan fingerprint density at radius 3 is 0.870 bits per heavy atom. The summed E-state index contributed by atoms with van der Waals surface area (Å²) in [6.07, 6.45) is 5.11. The maximum absolute atomic E-state index is 5.95. The van der Waals surface area contributed by atoms with E-state index in [0.29, 0.717) is 11.8 Å². The van der Waals surface area contributed by atoms with Gasteiger partial charge in [-0.1, -0.05) is 97.1 Å². The zero-order chi connectivity index (χ0) is 36.2. The van der Waals surface area contributed by atoms with Crippen LogP contribution in [0.3, 0.4) is 0 Å². The number of aromatic nitrogens is 4. The number of ether oxygens (including phenoxy) is 4. The summed E-state index contributed by atoms with van der Waals surface area (Å²) >= 11 is 0. The molecule has 0 amide bonds. The maximum Gasteiger partial charge on any atom is 0.237 e. The molecule has 6 aliphatic carbocycles. The van der Waals surface area contributed by atoms with Gasteiger partial charge in [0.25, 0.3) is 0 Å². The van der Waals surface area contributed by atoms with Crippen LogP contribution < -0.4 is 9.47 Å². The first kappa shape index (κ1) is 33.2. The average molecular weight is 715 g/mol. The number of hydrogen-bond acceptors (Lipinski definition) is 8. The van der Waals surface area contributed by atoms with Crippen molar-refractivity contribution in [2.45, 2.75) is 49.4 Å². The van der Waals surface area contributed by atoms with E-state index < -0.39 is 0 Å². The quantitative estimate of drug-likeness (QED) is 0.180. The van der Waals surface area contributed by atoms with Crippen LogP contribution in [-0.4, -0.2) is 61.0 Å². The van der Waals surface area contributed by atoms with Gasteiger partial charge in [0.15, 0.2) is 0 Å². The van der Waals surface area contributed by atoms with Gasteiger partial charge in [-0.25, -0.2) is 0 Å². The second-order valence-electron chi connectivity index (χ2n) is 14.7. The monoisotopic (exact) mass is 714 g/mol. The van der Waals surface area contributed by atoms with Crippen molar-refractivity contribution in [1.82, 2.24) is 20.4 Å². The Bertz CT molecular complexity index is 2110. The van der Waals surface area contributed by atoms with E-state index in [9.17, 15) is 0 Å². The summed E-state index contributed by atoms with van der Waals surface area (Å²) in [6, 6.07) is 35.0. The van der Waals surface area contributed by atoms with Crippen LogP contribution >= 0.6 is 0 Å². The molecule has 0 unspecified atom stereocenters. The van der Waals surface area contributed by atoms with Gasteiger partial charge in [-0.2, -0.15) is 0 Å². The third-order valence-corrected chi connectivity index (χ3v) is 11.9. The summed E-state index contributed by atoms with van der Waals surface area (Å²) < 4.78 is 21.8. The lowest BCUT2D eigenvalue weighted by molar-refractivity contribution is 0.198. The van der Waals surface area contributed by atoms with Gasteiger partial charge in [-0.05, 0) is 70.2 Å². The minimum atomic E-state index is -0.0262. The molecule has 2 saturated heterocycles. The molecular weight excluding hydrogens is 673 g/mol. The van der Waals surface area contributed by atoms with Gasteiger partial charge in [0.1, 0.15) is 11.4 Å². The highest BCUT2D eigenvalue weighted by molar-refractivity contribution is 5.81. The van der Waals surface area contributed by atoms with Crippen LogP contribution in [0.2, 0.25) is 0 Å². The van der Waals surface area contributed by atoms with E-state index in [0.717, 1.165) is 60.1 Å². The Labute approximate surface area is 315 Å². The summed E-state index contributed by atoms with van der Waals surface area (Å²) in [6.45, 7) is 4.00. The van der Waals surface area contributed by atoms with Gasteiger partial charge < -0.3 is 18.9 Å². The lowest BCUT2D eigenvalue weighted by Crippen LogP contribution is -2.31. The molecule has 0 spiro atoms. The zero-order valence-electron chi connectivity index (χ0n) is 30.6. The van der Waals surface area contributed by atoms with Crippen molar-refractivity contribution in [3.05, 3.63) is 164 Å².